The van der Waals surface area contributed by atoms with Gasteiger partial charge in [0.15, 0.2) is 11.5 Å². The maximum atomic E-state index is 12.1. The number of likely N-dealkylation sites (tertiary alicyclic amines) is 1. The van der Waals surface area contributed by atoms with Crippen LogP contribution in [-0.2, 0) is 11.2 Å². The van der Waals surface area contributed by atoms with E-state index in [4.69, 9.17) is 9.47 Å². The van der Waals surface area contributed by atoms with E-state index in [1.54, 1.807) is 0 Å². The Hall–Kier alpha value is -1.75. The van der Waals surface area contributed by atoms with Gasteiger partial charge in [-0.2, -0.15) is 0 Å². The number of nitrogens with one attached hydrogen (secondary N) is 1. The van der Waals surface area contributed by atoms with Crippen molar-refractivity contribution in [3.05, 3.63) is 23.8 Å². The number of nitrogens with zero attached hydrogens (tertiary/aromatic N) is 1. The van der Waals surface area contributed by atoms with Crippen molar-refractivity contribution in [1.29, 1.82) is 0 Å². The lowest BCUT2D eigenvalue weighted by Crippen LogP contribution is -2.45. The summed E-state index contributed by atoms with van der Waals surface area (Å²) in [7, 11) is 0. The Morgan fingerprint density at radius 1 is 1.23 bits per heavy atom. The van der Waals surface area contributed by atoms with Crippen molar-refractivity contribution in [2.75, 3.05) is 32.8 Å². The highest BCUT2D eigenvalue weighted by Crippen LogP contribution is 2.31. The fourth-order valence-electron chi connectivity index (χ4n) is 3.64. The van der Waals surface area contributed by atoms with Gasteiger partial charge in [-0.1, -0.05) is 13.0 Å². The van der Waals surface area contributed by atoms with E-state index in [0.717, 1.165) is 49.9 Å². The lowest BCUT2D eigenvalue weighted by molar-refractivity contribution is -0.121. The van der Waals surface area contributed by atoms with Gasteiger partial charge in [0.25, 0.3) is 0 Å². The van der Waals surface area contributed by atoms with Gasteiger partial charge in [0.05, 0.1) is 0 Å². The molecule has 1 saturated heterocycles. The van der Waals surface area contributed by atoms with Crippen LogP contribution in [0.4, 0.5) is 0 Å². The average molecular weight is 360 g/mol. The Morgan fingerprint density at radius 2 is 1.96 bits per heavy atom. The first-order valence-electron chi connectivity index (χ1n) is 10.0. The van der Waals surface area contributed by atoms with Crippen LogP contribution in [0.2, 0.25) is 0 Å². The van der Waals surface area contributed by atoms with Gasteiger partial charge in [0.2, 0.25) is 5.91 Å². The summed E-state index contributed by atoms with van der Waals surface area (Å²) in [4.78, 5) is 14.6. The molecule has 0 bridgehead atoms. The van der Waals surface area contributed by atoms with Gasteiger partial charge in [-0.15, -0.1) is 0 Å². The van der Waals surface area contributed by atoms with Crippen molar-refractivity contribution >= 4 is 5.91 Å². The van der Waals surface area contributed by atoms with Gasteiger partial charge in [-0.05, 0) is 69.3 Å². The number of piperidine rings is 1. The second-order valence-corrected chi connectivity index (χ2v) is 7.70. The number of hydrogen-bond donors (Lipinski definition) is 1. The van der Waals surface area contributed by atoms with Gasteiger partial charge in [-0.25, -0.2) is 0 Å². The van der Waals surface area contributed by atoms with Crippen LogP contribution in [0.3, 0.4) is 0 Å². The van der Waals surface area contributed by atoms with Crippen LogP contribution < -0.4 is 14.8 Å². The molecule has 1 N–H and O–H groups in total. The summed E-state index contributed by atoms with van der Waals surface area (Å²) in [6, 6.07) is 6.48. The number of hydrogen-bond acceptors (Lipinski definition) is 4. The lowest BCUT2D eigenvalue weighted by Gasteiger charge is -2.35. The minimum atomic E-state index is 0.153. The van der Waals surface area contributed by atoms with Crippen molar-refractivity contribution in [3.63, 3.8) is 0 Å². The zero-order valence-electron chi connectivity index (χ0n) is 16.1. The molecule has 0 spiro atoms. The molecule has 144 valence electrons. The minimum absolute atomic E-state index is 0.153. The summed E-state index contributed by atoms with van der Waals surface area (Å²) in [5.74, 6) is 2.63. The molecular formula is C21H32N2O3. The molecule has 2 heterocycles. The molecule has 1 aromatic carbocycles. The first kappa shape index (κ1) is 19.0. The third kappa shape index (κ3) is 5.37. The first-order chi connectivity index (χ1) is 12.6. The second-order valence-electron chi connectivity index (χ2n) is 7.70. The Labute approximate surface area is 157 Å². The SMILES string of the molecule is CC1CCN(C(C)CNC(=O)CCCc2ccc3c(c2)OCCO3)CC1. The first-order valence-corrected chi connectivity index (χ1v) is 10.0. The molecule has 2 aliphatic heterocycles. The highest BCUT2D eigenvalue weighted by molar-refractivity contribution is 5.75. The van der Waals surface area contributed by atoms with Crippen molar-refractivity contribution in [2.45, 2.75) is 52.0 Å². The molecule has 1 aromatic rings. The summed E-state index contributed by atoms with van der Waals surface area (Å²) in [6.07, 6.45) is 4.84. The summed E-state index contributed by atoms with van der Waals surface area (Å²) in [5, 5.41) is 3.10. The molecule has 0 saturated carbocycles. The van der Waals surface area contributed by atoms with E-state index in [-0.39, 0.29) is 5.91 Å². The predicted octanol–water partition coefficient (Wildman–Crippen LogP) is 3.02. The zero-order chi connectivity index (χ0) is 18.4. The fraction of sp³-hybridized carbons (Fsp3) is 0.667. The van der Waals surface area contributed by atoms with E-state index in [1.807, 2.05) is 12.1 Å². The second kappa shape index (κ2) is 9.26. The number of carbonyl (C=O) groups is 1. The molecule has 3 rings (SSSR count). The highest BCUT2D eigenvalue weighted by atomic mass is 16.6. The van der Waals surface area contributed by atoms with Crippen molar-refractivity contribution in [3.8, 4) is 11.5 Å². The molecule has 0 radical (unpaired) electrons. The maximum Gasteiger partial charge on any atom is 0.220 e. The molecule has 5 nitrogen and oxygen atoms in total. The Morgan fingerprint density at radius 3 is 2.73 bits per heavy atom. The van der Waals surface area contributed by atoms with Gasteiger partial charge < -0.3 is 14.8 Å². The predicted molar refractivity (Wildman–Crippen MR) is 103 cm³/mol. The van der Waals surface area contributed by atoms with Gasteiger partial charge in [0, 0.05) is 19.0 Å². The normalized spacial score (nSPS) is 19.2. The van der Waals surface area contributed by atoms with Crippen LogP contribution >= 0.6 is 0 Å². The van der Waals surface area contributed by atoms with Crippen molar-refractivity contribution in [1.82, 2.24) is 10.2 Å². The van der Waals surface area contributed by atoms with E-state index in [1.165, 1.54) is 18.4 Å². The standard InChI is InChI=1S/C21H32N2O3/c1-16-8-10-23(11-9-16)17(2)15-22-21(24)5-3-4-18-6-7-19-20(14-18)26-13-12-25-19/h6-7,14,16-17H,3-5,8-13,15H2,1-2H3,(H,22,24). The molecule has 0 aliphatic carbocycles. The number of fused-ring (bicyclic) bond motifs is 1. The van der Waals surface area contributed by atoms with Crippen LogP contribution in [0.1, 0.15) is 45.1 Å². The minimum Gasteiger partial charge on any atom is -0.486 e. The van der Waals surface area contributed by atoms with Gasteiger partial charge in [-0.3, -0.25) is 9.69 Å². The van der Waals surface area contributed by atoms with Crippen LogP contribution in [-0.4, -0.2) is 49.7 Å². The summed E-state index contributed by atoms with van der Waals surface area (Å²) >= 11 is 0. The quantitative estimate of drug-likeness (QED) is 0.812. The number of carbonyl (C=O) groups excluding carboxylic acids is 1. The van der Waals surface area contributed by atoms with Crippen LogP contribution in [0, 0.1) is 5.92 Å². The fourth-order valence-corrected chi connectivity index (χ4v) is 3.64. The summed E-state index contributed by atoms with van der Waals surface area (Å²) in [6.45, 7) is 8.81. The number of benzene rings is 1. The highest BCUT2D eigenvalue weighted by Gasteiger charge is 2.20. The van der Waals surface area contributed by atoms with Crippen molar-refractivity contribution < 1.29 is 14.3 Å². The van der Waals surface area contributed by atoms with Gasteiger partial charge >= 0.3 is 0 Å². The van der Waals surface area contributed by atoms with E-state index in [0.29, 0.717) is 25.7 Å². The third-order valence-electron chi connectivity index (χ3n) is 5.51. The molecule has 2 aliphatic rings. The zero-order valence-corrected chi connectivity index (χ0v) is 16.1. The van der Waals surface area contributed by atoms with Gasteiger partial charge in [0.1, 0.15) is 13.2 Å². The van der Waals surface area contributed by atoms with E-state index >= 15 is 0 Å². The monoisotopic (exact) mass is 360 g/mol. The Kier molecular flexibility index (Phi) is 6.78. The molecule has 5 heteroatoms. The molecule has 1 fully saturated rings. The number of aryl methyl sites for hydroxylation is 1. The molecule has 1 amide bonds. The molecule has 1 atom stereocenters. The lowest BCUT2D eigenvalue weighted by atomic mass is 9.98. The summed E-state index contributed by atoms with van der Waals surface area (Å²) in [5.41, 5.74) is 1.19. The molecule has 26 heavy (non-hydrogen) atoms. The molecule has 1 unspecified atom stereocenters. The Bertz CT molecular complexity index is 597. The van der Waals surface area contributed by atoms with E-state index in [9.17, 15) is 4.79 Å². The number of rotatable bonds is 7. The third-order valence-corrected chi connectivity index (χ3v) is 5.51. The number of amides is 1. The summed E-state index contributed by atoms with van der Waals surface area (Å²) < 4.78 is 11.1. The maximum absolute atomic E-state index is 12.1. The van der Waals surface area contributed by atoms with Crippen LogP contribution in [0.25, 0.3) is 0 Å². The smallest absolute Gasteiger partial charge is 0.220 e. The van der Waals surface area contributed by atoms with E-state index in [2.05, 4.69) is 30.1 Å². The van der Waals surface area contributed by atoms with Crippen LogP contribution in [0.15, 0.2) is 18.2 Å². The number of ether oxygens (including phenoxy) is 2. The van der Waals surface area contributed by atoms with E-state index < -0.39 is 0 Å². The molecule has 0 aromatic heterocycles. The van der Waals surface area contributed by atoms with Crippen molar-refractivity contribution in [2.24, 2.45) is 5.92 Å². The average Bonchev–Trinajstić information content (AvgIpc) is 2.66. The largest absolute Gasteiger partial charge is 0.486 e. The van der Waals surface area contributed by atoms with Crippen LogP contribution in [0.5, 0.6) is 11.5 Å². The topological polar surface area (TPSA) is 50.8 Å². The Balaban J connectivity index is 1.34. The molecular weight excluding hydrogens is 328 g/mol.